The maximum absolute atomic E-state index is 14.1. The van der Waals surface area contributed by atoms with Crippen LogP contribution in [0.3, 0.4) is 0 Å². The van der Waals surface area contributed by atoms with E-state index < -0.39 is 5.92 Å². The molecule has 0 radical (unpaired) electrons. The molecule has 3 heterocycles. The quantitative estimate of drug-likeness (QED) is 0.0495. The summed E-state index contributed by atoms with van der Waals surface area (Å²) < 4.78 is 28.2. The van der Waals surface area contributed by atoms with Crippen LogP contribution in [0, 0.1) is 35.0 Å². The number of piperidine rings is 1. The Morgan fingerprint density at radius 1 is 0.948 bits per heavy atom. The first-order valence-electron chi connectivity index (χ1n) is 22.3. The number of piperazine rings is 1. The van der Waals surface area contributed by atoms with Crippen LogP contribution in [0.5, 0.6) is 0 Å². The van der Waals surface area contributed by atoms with Crippen molar-refractivity contribution < 1.29 is 18.4 Å². The van der Waals surface area contributed by atoms with E-state index in [1.54, 1.807) is 6.92 Å². The molecule has 10 nitrogen and oxygen atoms in total. The fourth-order valence-electron chi connectivity index (χ4n) is 10.2. The van der Waals surface area contributed by atoms with Gasteiger partial charge in [-0.05, 0) is 128 Å². The molecule has 324 valence electrons. The van der Waals surface area contributed by atoms with Crippen molar-refractivity contribution in [3.05, 3.63) is 35.9 Å². The van der Waals surface area contributed by atoms with Gasteiger partial charge in [0.05, 0.1) is 5.84 Å². The van der Waals surface area contributed by atoms with Gasteiger partial charge in [0.1, 0.15) is 5.84 Å². The van der Waals surface area contributed by atoms with Crippen LogP contribution in [-0.2, 0) is 9.59 Å². The number of likely N-dealkylation sites (tertiary alicyclic amines) is 2. The number of nitrogens with zero attached hydrogens (tertiary/aromatic N) is 5. The molecule has 0 spiro atoms. The van der Waals surface area contributed by atoms with Crippen molar-refractivity contribution in [1.82, 2.24) is 24.5 Å². The lowest BCUT2D eigenvalue weighted by Crippen LogP contribution is -2.50. The molecule has 1 saturated carbocycles. The molecule has 4 unspecified atom stereocenters. The first kappa shape index (κ1) is 47.3. The minimum Gasteiger partial charge on any atom is -0.372 e. The highest BCUT2D eigenvalue weighted by Crippen LogP contribution is 2.44. The van der Waals surface area contributed by atoms with Crippen LogP contribution >= 0.6 is 0 Å². The fourth-order valence-corrected chi connectivity index (χ4v) is 10.2. The maximum Gasteiger partial charge on any atom is 0.248 e. The topological polar surface area (TPSA) is 124 Å². The number of halogens is 2. The number of primary amides is 1. The molecule has 58 heavy (non-hydrogen) atoms. The molecule has 1 aromatic rings. The van der Waals surface area contributed by atoms with Crippen molar-refractivity contribution in [2.45, 2.75) is 147 Å². The summed E-state index contributed by atoms with van der Waals surface area (Å²) in [5.41, 5.74) is 5.44. The zero-order chi connectivity index (χ0) is 42.1. The average Bonchev–Trinajstić information content (AvgIpc) is 3.55. The smallest absolute Gasteiger partial charge is 0.248 e. The largest absolute Gasteiger partial charge is 0.372 e. The summed E-state index contributed by atoms with van der Waals surface area (Å²) in [7, 11) is 0. The van der Waals surface area contributed by atoms with Gasteiger partial charge >= 0.3 is 0 Å². The average molecular weight is 809 g/mol. The van der Waals surface area contributed by atoms with Gasteiger partial charge in [0.15, 0.2) is 0 Å². The number of rotatable bonds is 17. The number of carbonyl (C=O) groups excluding carboxylic acids is 2. The van der Waals surface area contributed by atoms with Crippen molar-refractivity contribution in [2.24, 2.45) is 17.6 Å². The molecule has 1 aliphatic carbocycles. The molecule has 12 heteroatoms. The Hall–Kier alpha value is -3.40. The fraction of sp³-hybridized carbons (Fsp3) is 0.739. The van der Waals surface area contributed by atoms with Crippen molar-refractivity contribution in [3.63, 3.8) is 0 Å². The monoisotopic (exact) mass is 809 g/mol. The van der Waals surface area contributed by atoms with Gasteiger partial charge in [-0.2, -0.15) is 0 Å². The highest BCUT2D eigenvalue weighted by atomic mass is 19.3. The van der Waals surface area contributed by atoms with Gasteiger partial charge in [-0.25, -0.2) is 8.78 Å². The lowest BCUT2D eigenvalue weighted by Gasteiger charge is -2.40. The number of alkyl halides is 2. The molecular weight excluding hydrogens is 735 g/mol. The number of amidine groups is 2. The second-order valence-corrected chi connectivity index (χ2v) is 17.5. The number of benzene rings is 1. The Balaban J connectivity index is 0.00000240. The zero-order valence-electron chi connectivity index (χ0n) is 35.9. The highest BCUT2D eigenvalue weighted by molar-refractivity contribution is 5.98. The number of terminal acetylenes is 1. The number of hydrogen-bond acceptors (Lipinski definition) is 7. The van der Waals surface area contributed by atoms with E-state index in [0.29, 0.717) is 56.1 Å². The van der Waals surface area contributed by atoms with E-state index in [-0.39, 0.29) is 49.0 Å². The number of hydrogen-bond donors (Lipinski definition) is 3. The van der Waals surface area contributed by atoms with Crippen molar-refractivity contribution >= 4 is 24.0 Å². The van der Waals surface area contributed by atoms with Crippen molar-refractivity contribution in [2.75, 3.05) is 58.9 Å². The molecule has 4 aliphatic rings. The molecule has 0 aromatic heterocycles. The van der Waals surface area contributed by atoms with Gasteiger partial charge < -0.3 is 25.3 Å². The summed E-state index contributed by atoms with van der Waals surface area (Å²) in [5.74, 6) is 1.97. The molecule has 5 rings (SSSR count). The molecule has 3 aliphatic heterocycles. The van der Waals surface area contributed by atoms with E-state index in [4.69, 9.17) is 16.6 Å². The molecule has 1 aromatic carbocycles. The Kier molecular flexibility index (Phi) is 19.6. The van der Waals surface area contributed by atoms with Crippen LogP contribution < -0.4 is 5.73 Å². The van der Waals surface area contributed by atoms with Crippen LogP contribution in [0.15, 0.2) is 30.3 Å². The third kappa shape index (κ3) is 14.4. The summed E-state index contributed by atoms with van der Waals surface area (Å²) in [5, 5.41) is 18.0. The van der Waals surface area contributed by atoms with Crippen LogP contribution in [0.25, 0.3) is 0 Å². The second kappa shape index (κ2) is 24.0. The Bertz CT molecular complexity index is 1450. The number of nitrogens with one attached hydrogen (secondary N) is 2. The molecule has 4 fully saturated rings. The van der Waals surface area contributed by atoms with E-state index in [9.17, 15) is 19.0 Å². The first-order valence-corrected chi connectivity index (χ1v) is 22.3. The summed E-state index contributed by atoms with van der Waals surface area (Å²) in [6, 6.07) is 11.4. The predicted octanol–water partition coefficient (Wildman–Crippen LogP) is 7.44. The van der Waals surface area contributed by atoms with Crippen LogP contribution in [0.2, 0.25) is 0 Å². The van der Waals surface area contributed by atoms with Crippen molar-refractivity contribution in [3.8, 4) is 12.3 Å². The standard InChI is InChI=1S/C45H71F2N7O.CH3NO/c1-5-6-7-11-25-50-30-32-51(33-31-50)26-12-15-43(55)52-27-20-40(21-28-52)44(49)54(37(4)48)36(3)34-41-17-16-35(2)53(41)29-22-42(38-13-9-8-10-14-38)39-18-23-45(46,47)24-19-39;2-1-3/h1,8-10,13-14,35-36,39-42,48-49H,6-7,11-12,15-34H2,2-4H3;1H,(H2,2,3). The number of nitrogens with two attached hydrogens (primary N) is 1. The molecule has 0 bridgehead atoms. The highest BCUT2D eigenvalue weighted by Gasteiger charge is 2.40. The number of unbranched alkanes of at least 4 members (excludes halogenated alkanes) is 2. The lowest BCUT2D eigenvalue weighted by atomic mass is 9.74. The molecular formula is C46H74F2N8O2. The minimum absolute atomic E-state index is 0.00462. The summed E-state index contributed by atoms with van der Waals surface area (Å²) in [6.07, 6.45) is 17.0. The summed E-state index contributed by atoms with van der Waals surface area (Å²) in [4.78, 5) is 33.4. The summed E-state index contributed by atoms with van der Waals surface area (Å²) >= 11 is 0. The third-order valence-electron chi connectivity index (χ3n) is 13.5. The predicted molar refractivity (Wildman–Crippen MR) is 231 cm³/mol. The number of amides is 2. The van der Waals surface area contributed by atoms with Gasteiger partial charge in [0, 0.05) is 89.0 Å². The van der Waals surface area contributed by atoms with Gasteiger partial charge in [0.2, 0.25) is 18.2 Å². The van der Waals surface area contributed by atoms with Gasteiger partial charge in [-0.1, -0.05) is 30.3 Å². The van der Waals surface area contributed by atoms with Gasteiger partial charge in [-0.15, -0.1) is 12.3 Å². The maximum atomic E-state index is 14.1. The Labute approximate surface area is 348 Å². The first-order chi connectivity index (χ1) is 27.9. The van der Waals surface area contributed by atoms with E-state index in [2.05, 4.69) is 64.5 Å². The summed E-state index contributed by atoms with van der Waals surface area (Å²) in [6.45, 7) is 15.0. The van der Waals surface area contributed by atoms with Crippen LogP contribution in [-0.4, -0.2) is 131 Å². The number of carbonyl (C=O) groups is 2. The zero-order valence-corrected chi connectivity index (χ0v) is 35.9. The minimum atomic E-state index is -2.52. The van der Waals surface area contributed by atoms with E-state index in [1.807, 2.05) is 15.9 Å². The third-order valence-corrected chi connectivity index (χ3v) is 13.5. The second-order valence-electron chi connectivity index (χ2n) is 17.5. The Morgan fingerprint density at radius 3 is 2.14 bits per heavy atom. The molecule has 4 atom stereocenters. The SMILES string of the molecule is C#CCCCCN1CCN(CCCC(=O)N2CCC(C(=N)N(C(C)=N)C(C)CC3CCC(C)N3CCC(c3ccccc3)C3CCC(F)(F)CC3)CC2)CC1.NC=O. The van der Waals surface area contributed by atoms with Gasteiger partial charge in [-0.3, -0.25) is 25.3 Å². The van der Waals surface area contributed by atoms with E-state index >= 15 is 0 Å². The Morgan fingerprint density at radius 2 is 1.55 bits per heavy atom. The van der Waals surface area contributed by atoms with Gasteiger partial charge in [0.25, 0.3) is 0 Å². The van der Waals surface area contributed by atoms with E-state index in [1.165, 1.54) is 12.0 Å². The van der Waals surface area contributed by atoms with Crippen LogP contribution in [0.4, 0.5) is 8.78 Å². The lowest BCUT2D eigenvalue weighted by molar-refractivity contribution is -0.132. The normalized spacial score (nSPS) is 23.3. The molecule has 3 saturated heterocycles. The van der Waals surface area contributed by atoms with Crippen molar-refractivity contribution in [1.29, 1.82) is 10.8 Å². The molecule has 2 amide bonds. The van der Waals surface area contributed by atoms with E-state index in [0.717, 1.165) is 104 Å². The van der Waals surface area contributed by atoms with Crippen LogP contribution in [0.1, 0.15) is 129 Å². The molecule has 4 N–H and O–H groups in total.